The van der Waals surface area contributed by atoms with E-state index in [2.05, 4.69) is 12.2 Å². The molecule has 0 saturated heterocycles. The number of allylic oxidation sites excluding steroid dienone is 2. The standard InChI is InChI=1S/C11H20O/c1-3-5-6-7-8-9-10-11(12)4-2/h3,5H,4,6-10H2,1-2H3/b5-3+. The molecule has 1 heteroatoms. The molecule has 0 aliphatic heterocycles. The van der Waals surface area contributed by atoms with Gasteiger partial charge >= 0.3 is 0 Å². The van der Waals surface area contributed by atoms with Crippen molar-refractivity contribution in [3.63, 3.8) is 0 Å². The van der Waals surface area contributed by atoms with Crippen molar-refractivity contribution in [3.8, 4) is 0 Å². The predicted octanol–water partition coefficient (Wildman–Crippen LogP) is 3.49. The molecule has 0 aromatic heterocycles. The largest absolute Gasteiger partial charge is 0.300 e. The summed E-state index contributed by atoms with van der Waals surface area (Å²) in [6.45, 7) is 3.97. The SMILES string of the molecule is C/C=C/CCCCCC(=O)CC. The summed E-state index contributed by atoms with van der Waals surface area (Å²) >= 11 is 0. The first-order valence-corrected chi connectivity index (χ1v) is 4.94. The molecule has 0 radical (unpaired) electrons. The third kappa shape index (κ3) is 7.52. The summed E-state index contributed by atoms with van der Waals surface area (Å²) in [4.78, 5) is 10.9. The van der Waals surface area contributed by atoms with Gasteiger partial charge in [0.15, 0.2) is 0 Å². The van der Waals surface area contributed by atoms with Crippen LogP contribution in [-0.4, -0.2) is 5.78 Å². The molecule has 1 nitrogen and oxygen atoms in total. The van der Waals surface area contributed by atoms with Crippen LogP contribution in [0.2, 0.25) is 0 Å². The Morgan fingerprint density at radius 3 is 2.58 bits per heavy atom. The Balaban J connectivity index is 3.05. The molecular weight excluding hydrogens is 148 g/mol. The van der Waals surface area contributed by atoms with Crippen molar-refractivity contribution >= 4 is 5.78 Å². The van der Waals surface area contributed by atoms with Crippen LogP contribution in [0.25, 0.3) is 0 Å². The van der Waals surface area contributed by atoms with Gasteiger partial charge in [0, 0.05) is 12.8 Å². The van der Waals surface area contributed by atoms with Crippen molar-refractivity contribution < 1.29 is 4.79 Å². The topological polar surface area (TPSA) is 17.1 Å². The maximum absolute atomic E-state index is 10.9. The van der Waals surface area contributed by atoms with Crippen LogP contribution in [0.3, 0.4) is 0 Å². The molecular formula is C11H20O. The van der Waals surface area contributed by atoms with Crippen LogP contribution in [0, 0.1) is 0 Å². The number of ketones is 1. The summed E-state index contributed by atoms with van der Waals surface area (Å²) in [5, 5.41) is 0. The molecule has 0 fully saturated rings. The highest BCUT2D eigenvalue weighted by atomic mass is 16.1. The van der Waals surface area contributed by atoms with E-state index in [0.29, 0.717) is 12.2 Å². The Morgan fingerprint density at radius 1 is 1.25 bits per heavy atom. The van der Waals surface area contributed by atoms with Crippen molar-refractivity contribution in [1.29, 1.82) is 0 Å². The molecule has 0 atom stereocenters. The number of carbonyl (C=O) groups excluding carboxylic acids is 1. The van der Waals surface area contributed by atoms with Gasteiger partial charge in [-0.1, -0.05) is 25.5 Å². The van der Waals surface area contributed by atoms with E-state index in [1.54, 1.807) is 0 Å². The molecule has 0 rings (SSSR count). The third-order valence-corrected chi connectivity index (χ3v) is 1.96. The Morgan fingerprint density at radius 2 is 2.00 bits per heavy atom. The van der Waals surface area contributed by atoms with Gasteiger partial charge in [0.1, 0.15) is 5.78 Å². The Bertz CT molecular complexity index is 136. The average molecular weight is 168 g/mol. The van der Waals surface area contributed by atoms with Crippen molar-refractivity contribution in [2.75, 3.05) is 0 Å². The summed E-state index contributed by atoms with van der Waals surface area (Å²) in [5.74, 6) is 0.404. The Hall–Kier alpha value is -0.590. The second-order valence-corrected chi connectivity index (χ2v) is 3.06. The number of unbranched alkanes of at least 4 members (excludes halogenated alkanes) is 3. The smallest absolute Gasteiger partial charge is 0.132 e. The fourth-order valence-corrected chi connectivity index (χ4v) is 1.10. The number of hydrogen-bond donors (Lipinski definition) is 0. The first-order chi connectivity index (χ1) is 5.81. The van der Waals surface area contributed by atoms with E-state index < -0.39 is 0 Å². The van der Waals surface area contributed by atoms with Crippen LogP contribution in [0.15, 0.2) is 12.2 Å². The second-order valence-electron chi connectivity index (χ2n) is 3.06. The van der Waals surface area contributed by atoms with E-state index in [0.717, 1.165) is 19.3 Å². The van der Waals surface area contributed by atoms with Crippen LogP contribution in [0.1, 0.15) is 52.4 Å². The van der Waals surface area contributed by atoms with Gasteiger partial charge < -0.3 is 0 Å². The molecule has 70 valence electrons. The van der Waals surface area contributed by atoms with Crippen LogP contribution in [-0.2, 0) is 4.79 Å². The summed E-state index contributed by atoms with van der Waals surface area (Å²) in [6.07, 6.45) is 10.4. The third-order valence-electron chi connectivity index (χ3n) is 1.96. The molecule has 0 aliphatic rings. The van der Waals surface area contributed by atoms with E-state index in [1.165, 1.54) is 12.8 Å². The molecule has 0 spiro atoms. The predicted molar refractivity (Wildman–Crippen MR) is 53.2 cm³/mol. The van der Waals surface area contributed by atoms with E-state index in [-0.39, 0.29) is 0 Å². The number of hydrogen-bond acceptors (Lipinski definition) is 1. The maximum atomic E-state index is 10.9. The normalized spacial score (nSPS) is 10.8. The minimum Gasteiger partial charge on any atom is -0.300 e. The van der Waals surface area contributed by atoms with Crippen molar-refractivity contribution in [2.24, 2.45) is 0 Å². The lowest BCUT2D eigenvalue weighted by atomic mass is 10.1. The monoisotopic (exact) mass is 168 g/mol. The quantitative estimate of drug-likeness (QED) is 0.420. The molecule has 0 aromatic rings. The summed E-state index contributed by atoms with van der Waals surface area (Å²) < 4.78 is 0. The Labute approximate surface area is 75.9 Å². The molecule has 0 heterocycles. The highest BCUT2D eigenvalue weighted by Crippen LogP contribution is 2.04. The average Bonchev–Trinajstić information content (AvgIpc) is 2.10. The van der Waals surface area contributed by atoms with Crippen LogP contribution >= 0.6 is 0 Å². The van der Waals surface area contributed by atoms with Crippen molar-refractivity contribution in [3.05, 3.63) is 12.2 Å². The molecule has 0 bridgehead atoms. The first kappa shape index (κ1) is 11.4. The van der Waals surface area contributed by atoms with Gasteiger partial charge in [-0.15, -0.1) is 0 Å². The minimum atomic E-state index is 0.404. The van der Waals surface area contributed by atoms with Gasteiger partial charge in [-0.2, -0.15) is 0 Å². The zero-order chi connectivity index (χ0) is 9.23. The van der Waals surface area contributed by atoms with E-state index in [4.69, 9.17) is 0 Å². The zero-order valence-electron chi connectivity index (χ0n) is 8.31. The molecule has 0 unspecified atom stereocenters. The number of Topliss-reactive ketones (excluding diaryl/α,β-unsaturated/α-hetero) is 1. The van der Waals surface area contributed by atoms with Gasteiger partial charge in [0.2, 0.25) is 0 Å². The number of carbonyl (C=O) groups is 1. The lowest BCUT2D eigenvalue weighted by Gasteiger charge is -1.96. The van der Waals surface area contributed by atoms with Gasteiger partial charge in [-0.25, -0.2) is 0 Å². The molecule has 0 aliphatic carbocycles. The molecule has 0 saturated carbocycles. The Kier molecular flexibility index (Phi) is 8.09. The van der Waals surface area contributed by atoms with Crippen LogP contribution < -0.4 is 0 Å². The van der Waals surface area contributed by atoms with Crippen molar-refractivity contribution in [1.82, 2.24) is 0 Å². The molecule has 0 N–H and O–H groups in total. The lowest BCUT2D eigenvalue weighted by Crippen LogP contribution is -1.93. The van der Waals surface area contributed by atoms with Gasteiger partial charge in [0.05, 0.1) is 0 Å². The fraction of sp³-hybridized carbons (Fsp3) is 0.727. The molecule has 0 aromatic carbocycles. The van der Waals surface area contributed by atoms with E-state index >= 15 is 0 Å². The molecule has 12 heavy (non-hydrogen) atoms. The number of rotatable bonds is 7. The highest BCUT2D eigenvalue weighted by molar-refractivity contribution is 5.77. The summed E-state index contributed by atoms with van der Waals surface area (Å²) in [5.41, 5.74) is 0. The summed E-state index contributed by atoms with van der Waals surface area (Å²) in [7, 11) is 0. The first-order valence-electron chi connectivity index (χ1n) is 4.94. The molecule has 0 amide bonds. The van der Waals surface area contributed by atoms with E-state index in [9.17, 15) is 4.79 Å². The lowest BCUT2D eigenvalue weighted by molar-refractivity contribution is -0.118. The minimum absolute atomic E-state index is 0.404. The second kappa shape index (κ2) is 8.51. The van der Waals surface area contributed by atoms with Crippen LogP contribution in [0.5, 0.6) is 0 Å². The van der Waals surface area contributed by atoms with Gasteiger partial charge in [0.25, 0.3) is 0 Å². The van der Waals surface area contributed by atoms with Crippen molar-refractivity contribution in [2.45, 2.75) is 52.4 Å². The van der Waals surface area contributed by atoms with Gasteiger partial charge in [-0.05, 0) is 26.2 Å². The maximum Gasteiger partial charge on any atom is 0.132 e. The van der Waals surface area contributed by atoms with Crippen LogP contribution in [0.4, 0.5) is 0 Å². The fourth-order valence-electron chi connectivity index (χ4n) is 1.10. The highest BCUT2D eigenvalue weighted by Gasteiger charge is 1.96. The van der Waals surface area contributed by atoms with Gasteiger partial charge in [-0.3, -0.25) is 4.79 Å². The zero-order valence-corrected chi connectivity index (χ0v) is 8.31. The summed E-state index contributed by atoms with van der Waals surface area (Å²) in [6, 6.07) is 0. The van der Waals surface area contributed by atoms with E-state index in [1.807, 2.05) is 13.8 Å².